The van der Waals surface area contributed by atoms with E-state index >= 15 is 0 Å². The second-order valence-electron chi connectivity index (χ2n) is 5.41. The van der Waals surface area contributed by atoms with Gasteiger partial charge in [0, 0.05) is 5.92 Å². The molecule has 0 saturated heterocycles. The molecule has 2 aromatic carbocycles. The molecule has 2 aromatic rings. The molecule has 8 heteroatoms. The predicted molar refractivity (Wildman–Crippen MR) is 93.8 cm³/mol. The number of sulfonamides is 1. The van der Waals surface area contributed by atoms with Crippen molar-refractivity contribution >= 4 is 38.9 Å². The summed E-state index contributed by atoms with van der Waals surface area (Å²) in [4.78, 5) is 11.6. The van der Waals surface area contributed by atoms with E-state index in [4.69, 9.17) is 11.6 Å². The van der Waals surface area contributed by atoms with Gasteiger partial charge in [-0.1, -0.05) is 37.6 Å². The molecule has 0 atom stereocenters. The smallest absolute Gasteiger partial charge is 0.262 e. The molecule has 1 amide bonds. The number of rotatable bonds is 5. The Labute approximate surface area is 145 Å². The van der Waals surface area contributed by atoms with Gasteiger partial charge in [0.05, 0.1) is 21.3 Å². The van der Waals surface area contributed by atoms with E-state index in [2.05, 4.69) is 10.0 Å². The normalized spacial score (nSPS) is 11.3. The summed E-state index contributed by atoms with van der Waals surface area (Å²) in [6, 6.07) is 10.0. The molecular weight excluding hydrogens is 352 g/mol. The van der Waals surface area contributed by atoms with Gasteiger partial charge in [-0.2, -0.15) is 0 Å². The molecule has 3 N–H and O–H groups in total. The number of carbonyl (C=O) groups excluding carboxylic acids is 1. The fourth-order valence-electron chi connectivity index (χ4n) is 1.81. The molecule has 24 heavy (non-hydrogen) atoms. The Bertz CT molecular complexity index is 866. The number of benzene rings is 2. The van der Waals surface area contributed by atoms with E-state index < -0.39 is 10.0 Å². The van der Waals surface area contributed by atoms with Crippen molar-refractivity contribution in [2.75, 3.05) is 10.0 Å². The zero-order chi connectivity index (χ0) is 17.9. The molecule has 0 aromatic heterocycles. The summed E-state index contributed by atoms with van der Waals surface area (Å²) < 4.78 is 27.3. The van der Waals surface area contributed by atoms with Crippen LogP contribution in [0.2, 0.25) is 5.02 Å². The molecule has 0 aliphatic heterocycles. The van der Waals surface area contributed by atoms with Crippen LogP contribution < -0.4 is 10.0 Å². The second kappa shape index (κ2) is 7.11. The van der Waals surface area contributed by atoms with E-state index in [0.29, 0.717) is 0 Å². The Kier molecular flexibility index (Phi) is 5.36. The predicted octanol–water partition coefficient (Wildman–Crippen LogP) is 3.44. The first-order valence-corrected chi connectivity index (χ1v) is 8.98. The summed E-state index contributed by atoms with van der Waals surface area (Å²) in [6.07, 6.45) is 0. The molecule has 128 valence electrons. The number of phenols is 1. The van der Waals surface area contributed by atoms with Crippen LogP contribution in [0.3, 0.4) is 0 Å². The third-order valence-corrected chi connectivity index (χ3v) is 4.87. The van der Waals surface area contributed by atoms with Gasteiger partial charge in [0.25, 0.3) is 10.0 Å². The third kappa shape index (κ3) is 4.18. The first kappa shape index (κ1) is 18.1. The van der Waals surface area contributed by atoms with E-state index in [-0.39, 0.29) is 38.9 Å². The monoisotopic (exact) mass is 368 g/mol. The zero-order valence-corrected chi connectivity index (χ0v) is 14.6. The van der Waals surface area contributed by atoms with E-state index in [1.54, 1.807) is 32.0 Å². The number of hydrogen-bond donors (Lipinski definition) is 3. The maximum absolute atomic E-state index is 12.5. The lowest BCUT2D eigenvalue weighted by molar-refractivity contribution is -0.118. The third-order valence-electron chi connectivity index (χ3n) is 3.18. The highest BCUT2D eigenvalue weighted by Gasteiger charge is 2.19. The Balaban J connectivity index is 2.34. The van der Waals surface area contributed by atoms with Crippen molar-refractivity contribution in [3.63, 3.8) is 0 Å². The van der Waals surface area contributed by atoms with Crippen molar-refractivity contribution < 1.29 is 18.3 Å². The Morgan fingerprint density at radius 2 is 1.79 bits per heavy atom. The highest BCUT2D eigenvalue weighted by atomic mass is 35.5. The summed E-state index contributed by atoms with van der Waals surface area (Å²) in [5, 5.41) is 12.6. The van der Waals surface area contributed by atoms with Crippen LogP contribution in [-0.2, 0) is 14.8 Å². The van der Waals surface area contributed by atoms with Gasteiger partial charge in [-0.25, -0.2) is 8.42 Å². The van der Waals surface area contributed by atoms with Gasteiger partial charge in [-0.05, 0) is 30.3 Å². The van der Waals surface area contributed by atoms with Crippen LogP contribution in [0.4, 0.5) is 11.4 Å². The Morgan fingerprint density at radius 3 is 2.42 bits per heavy atom. The van der Waals surface area contributed by atoms with E-state index in [9.17, 15) is 18.3 Å². The van der Waals surface area contributed by atoms with Crippen molar-refractivity contribution in [3.05, 3.63) is 47.5 Å². The van der Waals surface area contributed by atoms with Crippen LogP contribution in [0.1, 0.15) is 13.8 Å². The van der Waals surface area contributed by atoms with Gasteiger partial charge in [0.2, 0.25) is 5.91 Å². The second-order valence-corrected chi connectivity index (χ2v) is 7.50. The summed E-state index contributed by atoms with van der Waals surface area (Å²) in [5.41, 5.74) is 0.260. The summed E-state index contributed by atoms with van der Waals surface area (Å²) >= 11 is 5.95. The largest absolute Gasteiger partial charge is 0.506 e. The molecule has 0 fully saturated rings. The average Bonchev–Trinajstić information content (AvgIpc) is 2.51. The van der Waals surface area contributed by atoms with Crippen LogP contribution in [0.5, 0.6) is 5.75 Å². The number of para-hydroxylation sites is 1. The van der Waals surface area contributed by atoms with Gasteiger partial charge in [-0.15, -0.1) is 0 Å². The van der Waals surface area contributed by atoms with Gasteiger partial charge in [0.15, 0.2) is 0 Å². The molecule has 0 aliphatic rings. The first-order valence-electron chi connectivity index (χ1n) is 7.12. The minimum absolute atomic E-state index is 0.0238. The molecule has 2 rings (SSSR count). The molecule has 0 heterocycles. The number of nitrogens with one attached hydrogen (secondary N) is 2. The minimum atomic E-state index is -3.93. The van der Waals surface area contributed by atoms with Crippen molar-refractivity contribution in [1.29, 1.82) is 0 Å². The molecule has 0 aliphatic carbocycles. The quantitative estimate of drug-likeness (QED) is 0.704. The topological polar surface area (TPSA) is 95.5 Å². The van der Waals surface area contributed by atoms with Gasteiger partial charge in [-0.3, -0.25) is 9.52 Å². The highest BCUT2D eigenvalue weighted by Crippen LogP contribution is 2.29. The molecule has 0 radical (unpaired) electrons. The van der Waals surface area contributed by atoms with Crippen LogP contribution in [-0.4, -0.2) is 19.4 Å². The van der Waals surface area contributed by atoms with E-state index in [1.807, 2.05) is 0 Å². The lowest BCUT2D eigenvalue weighted by Gasteiger charge is -2.13. The van der Waals surface area contributed by atoms with Crippen molar-refractivity contribution in [1.82, 2.24) is 0 Å². The molecule has 6 nitrogen and oxygen atoms in total. The number of phenolic OH excluding ortho intramolecular Hbond substituents is 1. The van der Waals surface area contributed by atoms with E-state index in [1.165, 1.54) is 24.3 Å². The Hall–Kier alpha value is -2.25. The van der Waals surface area contributed by atoms with Crippen molar-refractivity contribution in [2.24, 2.45) is 5.92 Å². The maximum atomic E-state index is 12.5. The number of halogens is 1. The molecule has 0 unspecified atom stereocenters. The lowest BCUT2D eigenvalue weighted by atomic mass is 10.2. The fraction of sp³-hybridized carbons (Fsp3) is 0.188. The fourth-order valence-corrected chi connectivity index (χ4v) is 3.15. The van der Waals surface area contributed by atoms with Gasteiger partial charge < -0.3 is 10.4 Å². The van der Waals surface area contributed by atoms with Crippen LogP contribution in [0, 0.1) is 5.92 Å². The Morgan fingerprint density at radius 1 is 1.12 bits per heavy atom. The van der Waals surface area contributed by atoms with Crippen molar-refractivity contribution in [2.45, 2.75) is 18.7 Å². The first-order chi connectivity index (χ1) is 11.2. The standard InChI is InChI=1S/C16H17ClN2O4S/c1-10(2)16(21)18-14-9-11(7-8-15(14)20)24(22,23)19-13-6-4-3-5-12(13)17/h3-10,19-20H,1-2H3,(H,18,21). The molecule has 0 spiro atoms. The van der Waals surface area contributed by atoms with Crippen LogP contribution in [0.15, 0.2) is 47.4 Å². The highest BCUT2D eigenvalue weighted by molar-refractivity contribution is 7.92. The molecule has 0 saturated carbocycles. The van der Waals surface area contributed by atoms with Gasteiger partial charge >= 0.3 is 0 Å². The number of anilines is 2. The zero-order valence-electron chi connectivity index (χ0n) is 13.1. The summed E-state index contributed by atoms with van der Waals surface area (Å²) in [5.74, 6) is -0.870. The SMILES string of the molecule is CC(C)C(=O)Nc1cc(S(=O)(=O)Nc2ccccc2Cl)ccc1O. The summed E-state index contributed by atoms with van der Waals surface area (Å²) in [7, 11) is -3.93. The van der Waals surface area contributed by atoms with Gasteiger partial charge in [0.1, 0.15) is 5.75 Å². The van der Waals surface area contributed by atoms with Crippen molar-refractivity contribution in [3.8, 4) is 5.75 Å². The number of hydrogen-bond acceptors (Lipinski definition) is 4. The molecule has 0 bridgehead atoms. The van der Waals surface area contributed by atoms with Crippen LogP contribution >= 0.6 is 11.6 Å². The maximum Gasteiger partial charge on any atom is 0.262 e. The number of aromatic hydroxyl groups is 1. The minimum Gasteiger partial charge on any atom is -0.506 e. The number of carbonyl (C=O) groups is 1. The summed E-state index contributed by atoms with van der Waals surface area (Å²) in [6.45, 7) is 3.37. The molecular formula is C16H17ClN2O4S. The van der Waals surface area contributed by atoms with E-state index in [0.717, 1.165) is 0 Å². The number of amides is 1. The lowest BCUT2D eigenvalue weighted by Crippen LogP contribution is -2.18. The van der Waals surface area contributed by atoms with Crippen LogP contribution in [0.25, 0.3) is 0 Å². The average molecular weight is 369 g/mol.